The van der Waals surface area contributed by atoms with Gasteiger partial charge in [-0.3, -0.25) is 9.48 Å². The standard InChI is InChI=1S/C14H17ClN4O/c1-4-10-12(16)13(19(3)18-10)14(20)17-11-7-8(2)5-6-9(11)15/h5-7H,4,16H2,1-3H3,(H,17,20). The number of anilines is 2. The molecule has 0 fully saturated rings. The van der Waals surface area contributed by atoms with Crippen LogP contribution in [0.1, 0.15) is 28.7 Å². The largest absolute Gasteiger partial charge is 0.395 e. The van der Waals surface area contributed by atoms with E-state index < -0.39 is 0 Å². The summed E-state index contributed by atoms with van der Waals surface area (Å²) in [5.74, 6) is -0.315. The Morgan fingerprint density at radius 2 is 2.20 bits per heavy atom. The van der Waals surface area contributed by atoms with E-state index in [0.29, 0.717) is 34.2 Å². The van der Waals surface area contributed by atoms with Gasteiger partial charge in [-0.05, 0) is 31.0 Å². The van der Waals surface area contributed by atoms with Crippen molar-refractivity contribution >= 4 is 28.9 Å². The van der Waals surface area contributed by atoms with Crippen LogP contribution in [0.2, 0.25) is 5.02 Å². The average Bonchev–Trinajstić information content (AvgIpc) is 2.68. The zero-order valence-corrected chi connectivity index (χ0v) is 12.5. The van der Waals surface area contributed by atoms with Crippen molar-refractivity contribution in [2.45, 2.75) is 20.3 Å². The second kappa shape index (κ2) is 5.54. The summed E-state index contributed by atoms with van der Waals surface area (Å²) < 4.78 is 1.49. The summed E-state index contributed by atoms with van der Waals surface area (Å²) in [6.07, 6.45) is 0.679. The number of halogens is 1. The molecule has 0 radical (unpaired) electrons. The molecule has 0 aliphatic heterocycles. The summed E-state index contributed by atoms with van der Waals surface area (Å²) in [6, 6.07) is 5.44. The Morgan fingerprint density at radius 3 is 2.80 bits per heavy atom. The molecular formula is C14H17ClN4O. The number of aromatic nitrogens is 2. The van der Waals surface area contributed by atoms with E-state index in [2.05, 4.69) is 10.4 Å². The molecule has 106 valence electrons. The highest BCUT2D eigenvalue weighted by Crippen LogP contribution is 2.25. The first-order valence-corrected chi connectivity index (χ1v) is 6.70. The van der Waals surface area contributed by atoms with Gasteiger partial charge in [0.1, 0.15) is 5.69 Å². The molecule has 5 nitrogen and oxygen atoms in total. The normalized spacial score (nSPS) is 10.6. The number of carbonyl (C=O) groups excluding carboxylic acids is 1. The van der Waals surface area contributed by atoms with Gasteiger partial charge in [-0.1, -0.05) is 24.6 Å². The molecule has 0 bridgehead atoms. The molecule has 6 heteroatoms. The van der Waals surface area contributed by atoms with Crippen LogP contribution in [0.3, 0.4) is 0 Å². The molecule has 1 amide bonds. The Labute approximate surface area is 122 Å². The van der Waals surface area contributed by atoms with Crippen molar-refractivity contribution in [1.29, 1.82) is 0 Å². The first kappa shape index (κ1) is 14.4. The Kier molecular flexibility index (Phi) is 3.99. The first-order chi connectivity index (χ1) is 9.43. The van der Waals surface area contributed by atoms with Crippen LogP contribution >= 0.6 is 11.6 Å². The lowest BCUT2D eigenvalue weighted by Gasteiger charge is -2.09. The summed E-state index contributed by atoms with van der Waals surface area (Å²) in [5, 5.41) is 7.49. The topological polar surface area (TPSA) is 72.9 Å². The van der Waals surface area contributed by atoms with Crippen LogP contribution in [0.4, 0.5) is 11.4 Å². The van der Waals surface area contributed by atoms with Gasteiger partial charge >= 0.3 is 0 Å². The molecular weight excluding hydrogens is 276 g/mol. The van der Waals surface area contributed by atoms with Crippen molar-refractivity contribution in [3.63, 3.8) is 0 Å². The van der Waals surface area contributed by atoms with Crippen LogP contribution < -0.4 is 11.1 Å². The molecule has 0 saturated carbocycles. The monoisotopic (exact) mass is 292 g/mol. The first-order valence-electron chi connectivity index (χ1n) is 6.32. The van der Waals surface area contributed by atoms with Crippen molar-refractivity contribution in [3.05, 3.63) is 40.2 Å². The highest BCUT2D eigenvalue weighted by molar-refractivity contribution is 6.34. The molecule has 0 unspecified atom stereocenters. The van der Waals surface area contributed by atoms with Gasteiger partial charge in [-0.25, -0.2) is 0 Å². The van der Waals surface area contributed by atoms with Crippen molar-refractivity contribution in [1.82, 2.24) is 9.78 Å². The maximum Gasteiger partial charge on any atom is 0.276 e. The lowest BCUT2D eigenvalue weighted by Crippen LogP contribution is -2.18. The number of hydrogen-bond donors (Lipinski definition) is 2. The van der Waals surface area contributed by atoms with Gasteiger partial charge in [-0.15, -0.1) is 0 Å². The Bertz CT molecular complexity index is 663. The maximum atomic E-state index is 12.3. The SMILES string of the molecule is CCc1nn(C)c(C(=O)Nc2cc(C)ccc2Cl)c1N. The predicted octanol–water partition coefficient (Wildman–Crippen LogP) is 2.78. The second-order valence-electron chi connectivity index (χ2n) is 4.62. The fraction of sp³-hybridized carbons (Fsp3) is 0.286. The van der Waals surface area contributed by atoms with Gasteiger partial charge in [-0.2, -0.15) is 5.10 Å². The van der Waals surface area contributed by atoms with Crippen molar-refractivity contribution in [3.8, 4) is 0 Å². The van der Waals surface area contributed by atoms with E-state index in [0.717, 1.165) is 5.56 Å². The third-order valence-electron chi connectivity index (χ3n) is 3.08. The van der Waals surface area contributed by atoms with Crippen molar-refractivity contribution in [2.75, 3.05) is 11.1 Å². The summed E-state index contributed by atoms with van der Waals surface area (Å²) in [7, 11) is 1.70. The minimum absolute atomic E-state index is 0.315. The van der Waals surface area contributed by atoms with Crippen LogP contribution in [-0.4, -0.2) is 15.7 Å². The van der Waals surface area contributed by atoms with Crippen LogP contribution in [0.15, 0.2) is 18.2 Å². The lowest BCUT2D eigenvalue weighted by molar-refractivity contribution is 0.101. The predicted molar refractivity (Wildman–Crippen MR) is 81.1 cm³/mol. The number of nitrogens with zero attached hydrogens (tertiary/aromatic N) is 2. The molecule has 1 aromatic carbocycles. The molecule has 1 aromatic heterocycles. The van der Waals surface area contributed by atoms with E-state index in [1.54, 1.807) is 13.1 Å². The smallest absolute Gasteiger partial charge is 0.276 e. The third-order valence-corrected chi connectivity index (χ3v) is 3.41. The Hall–Kier alpha value is -2.01. The highest BCUT2D eigenvalue weighted by Gasteiger charge is 2.19. The number of carbonyl (C=O) groups is 1. The van der Waals surface area contributed by atoms with Gasteiger partial charge in [0.15, 0.2) is 0 Å². The molecule has 0 atom stereocenters. The van der Waals surface area contributed by atoms with Crippen molar-refractivity contribution in [2.24, 2.45) is 7.05 Å². The van der Waals surface area contributed by atoms with Crippen LogP contribution in [0, 0.1) is 6.92 Å². The van der Waals surface area contributed by atoms with Crippen LogP contribution in [0.5, 0.6) is 0 Å². The molecule has 0 saturated heterocycles. The summed E-state index contributed by atoms with van der Waals surface area (Å²) in [6.45, 7) is 3.87. The van der Waals surface area contributed by atoms with E-state index in [9.17, 15) is 4.79 Å². The number of amides is 1. The zero-order chi connectivity index (χ0) is 14.9. The van der Waals surface area contributed by atoms with E-state index >= 15 is 0 Å². The quantitative estimate of drug-likeness (QED) is 0.913. The molecule has 20 heavy (non-hydrogen) atoms. The minimum Gasteiger partial charge on any atom is -0.395 e. The third kappa shape index (κ3) is 2.63. The lowest BCUT2D eigenvalue weighted by atomic mass is 10.2. The summed E-state index contributed by atoms with van der Waals surface area (Å²) in [5.41, 5.74) is 9.01. The molecule has 0 spiro atoms. The van der Waals surface area contributed by atoms with Crippen LogP contribution in [0.25, 0.3) is 0 Å². The molecule has 3 N–H and O–H groups in total. The van der Waals surface area contributed by atoms with E-state index in [4.69, 9.17) is 17.3 Å². The van der Waals surface area contributed by atoms with E-state index in [-0.39, 0.29) is 5.91 Å². The van der Waals surface area contributed by atoms with Gasteiger partial charge in [0.2, 0.25) is 0 Å². The summed E-state index contributed by atoms with van der Waals surface area (Å²) in [4.78, 5) is 12.3. The van der Waals surface area contributed by atoms with E-state index in [1.807, 2.05) is 26.0 Å². The Morgan fingerprint density at radius 1 is 1.50 bits per heavy atom. The maximum absolute atomic E-state index is 12.3. The fourth-order valence-electron chi connectivity index (χ4n) is 2.04. The number of aryl methyl sites for hydroxylation is 3. The number of hydrogen-bond acceptors (Lipinski definition) is 3. The van der Waals surface area contributed by atoms with Gasteiger partial charge in [0, 0.05) is 7.05 Å². The van der Waals surface area contributed by atoms with Gasteiger partial charge < -0.3 is 11.1 Å². The minimum atomic E-state index is -0.315. The molecule has 1 heterocycles. The molecule has 2 aromatic rings. The summed E-state index contributed by atoms with van der Waals surface area (Å²) >= 11 is 6.07. The Balaban J connectivity index is 2.33. The van der Waals surface area contributed by atoms with Gasteiger partial charge in [0.25, 0.3) is 5.91 Å². The molecule has 0 aliphatic rings. The number of nitrogens with one attached hydrogen (secondary N) is 1. The second-order valence-corrected chi connectivity index (χ2v) is 5.03. The molecule has 0 aliphatic carbocycles. The van der Waals surface area contributed by atoms with Crippen LogP contribution in [-0.2, 0) is 13.5 Å². The molecule has 2 rings (SSSR count). The number of nitrogen functional groups attached to an aromatic ring is 1. The number of benzene rings is 1. The van der Waals surface area contributed by atoms with E-state index in [1.165, 1.54) is 4.68 Å². The fourth-order valence-corrected chi connectivity index (χ4v) is 2.21. The number of nitrogens with two attached hydrogens (primary N) is 1. The number of rotatable bonds is 3. The highest BCUT2D eigenvalue weighted by atomic mass is 35.5. The van der Waals surface area contributed by atoms with Crippen molar-refractivity contribution < 1.29 is 4.79 Å². The average molecular weight is 293 g/mol. The van der Waals surface area contributed by atoms with Gasteiger partial charge in [0.05, 0.1) is 22.1 Å². The zero-order valence-electron chi connectivity index (χ0n) is 11.7.